The van der Waals surface area contributed by atoms with Crippen LogP contribution in [0.25, 0.3) is 5.65 Å². The lowest BCUT2D eigenvalue weighted by molar-refractivity contribution is -0.120. The summed E-state index contributed by atoms with van der Waals surface area (Å²) in [6, 6.07) is 3.13. The molecular formula is C11H11N5O2. The van der Waals surface area contributed by atoms with Crippen molar-refractivity contribution in [2.75, 3.05) is 17.2 Å². The number of aromatic nitrogens is 2. The van der Waals surface area contributed by atoms with Gasteiger partial charge in [0.25, 0.3) is 0 Å². The first-order valence-electron chi connectivity index (χ1n) is 5.50. The highest BCUT2D eigenvalue weighted by Crippen LogP contribution is 2.23. The van der Waals surface area contributed by atoms with Crippen molar-refractivity contribution in [2.24, 2.45) is 0 Å². The number of anilines is 2. The first kappa shape index (κ1) is 10.6. The van der Waals surface area contributed by atoms with Crippen molar-refractivity contribution in [1.82, 2.24) is 14.7 Å². The Kier molecular flexibility index (Phi) is 2.19. The fourth-order valence-corrected chi connectivity index (χ4v) is 2.02. The van der Waals surface area contributed by atoms with Crippen molar-refractivity contribution in [3.8, 4) is 0 Å². The summed E-state index contributed by atoms with van der Waals surface area (Å²) in [5, 5.41) is 2.28. The minimum atomic E-state index is -0.430. The Balaban J connectivity index is 2.09. The topological polar surface area (TPSA) is 92.7 Å². The largest absolute Gasteiger partial charge is 0.383 e. The SMILES string of the molecule is Nc1cnc2c(N3CCC(=O)NC3=O)cccn12. The number of nitrogens with zero attached hydrogens (tertiary/aromatic N) is 3. The number of nitrogen functional groups attached to an aromatic ring is 1. The summed E-state index contributed by atoms with van der Waals surface area (Å²) in [6.45, 7) is 0.344. The molecule has 0 unspecified atom stereocenters. The standard InChI is InChI=1S/C11H11N5O2/c12-8-6-13-10-7(2-1-4-16(8)10)15-5-3-9(17)14-11(15)18/h1-2,4,6H,3,5,12H2,(H,14,17,18). The summed E-state index contributed by atoms with van der Waals surface area (Å²) in [4.78, 5) is 28.6. The minimum absolute atomic E-state index is 0.258. The van der Waals surface area contributed by atoms with Crippen molar-refractivity contribution in [3.05, 3.63) is 24.5 Å². The lowest BCUT2D eigenvalue weighted by Gasteiger charge is -2.26. The number of pyridine rings is 1. The molecule has 1 fully saturated rings. The highest BCUT2D eigenvalue weighted by molar-refractivity contribution is 6.07. The van der Waals surface area contributed by atoms with E-state index in [2.05, 4.69) is 10.3 Å². The van der Waals surface area contributed by atoms with E-state index in [1.165, 1.54) is 11.1 Å². The first-order chi connectivity index (χ1) is 8.66. The summed E-state index contributed by atoms with van der Waals surface area (Å²) in [5.41, 5.74) is 6.99. The van der Waals surface area contributed by atoms with Gasteiger partial charge in [0.1, 0.15) is 5.82 Å². The van der Waals surface area contributed by atoms with Gasteiger partial charge < -0.3 is 5.73 Å². The third-order valence-electron chi connectivity index (χ3n) is 2.89. The Labute approximate surface area is 102 Å². The molecule has 3 rings (SSSR count). The number of carbonyl (C=O) groups excluding carboxylic acids is 2. The quantitative estimate of drug-likeness (QED) is 0.758. The Morgan fingerprint density at radius 2 is 2.22 bits per heavy atom. The average molecular weight is 245 g/mol. The second-order valence-electron chi connectivity index (χ2n) is 4.03. The van der Waals surface area contributed by atoms with Gasteiger partial charge in [0.2, 0.25) is 5.91 Å². The molecule has 92 valence electrons. The zero-order valence-electron chi connectivity index (χ0n) is 9.46. The molecule has 0 aliphatic carbocycles. The zero-order valence-corrected chi connectivity index (χ0v) is 9.46. The molecule has 3 heterocycles. The lowest BCUT2D eigenvalue weighted by atomic mass is 10.2. The molecule has 7 nitrogen and oxygen atoms in total. The van der Waals surface area contributed by atoms with E-state index >= 15 is 0 Å². The molecule has 0 aromatic carbocycles. The summed E-state index contributed by atoms with van der Waals surface area (Å²) in [6.07, 6.45) is 3.59. The van der Waals surface area contributed by atoms with Gasteiger partial charge in [-0.3, -0.25) is 19.4 Å². The van der Waals surface area contributed by atoms with Crippen LogP contribution in [0.2, 0.25) is 0 Å². The molecule has 0 atom stereocenters. The highest BCUT2D eigenvalue weighted by Gasteiger charge is 2.26. The Morgan fingerprint density at radius 3 is 3.00 bits per heavy atom. The summed E-state index contributed by atoms with van der Waals surface area (Å²) in [5.74, 6) is 0.242. The van der Waals surface area contributed by atoms with Crippen LogP contribution in [-0.4, -0.2) is 27.9 Å². The Morgan fingerprint density at radius 1 is 1.39 bits per heavy atom. The van der Waals surface area contributed by atoms with Crippen LogP contribution in [0.15, 0.2) is 24.5 Å². The monoisotopic (exact) mass is 245 g/mol. The number of nitrogens with one attached hydrogen (secondary N) is 1. The lowest BCUT2D eigenvalue weighted by Crippen LogP contribution is -2.49. The van der Waals surface area contributed by atoms with E-state index in [0.717, 1.165) is 0 Å². The molecule has 7 heteroatoms. The van der Waals surface area contributed by atoms with Crippen LogP contribution in [0.3, 0.4) is 0 Å². The fourth-order valence-electron chi connectivity index (χ4n) is 2.02. The van der Waals surface area contributed by atoms with E-state index in [1.807, 2.05) is 0 Å². The number of amides is 3. The van der Waals surface area contributed by atoms with Crippen LogP contribution >= 0.6 is 0 Å². The average Bonchev–Trinajstić information content (AvgIpc) is 2.72. The van der Waals surface area contributed by atoms with Crippen molar-refractivity contribution < 1.29 is 9.59 Å². The van der Waals surface area contributed by atoms with Gasteiger partial charge in [-0.15, -0.1) is 0 Å². The predicted octanol–water partition coefficient (Wildman–Crippen LogP) is 0.363. The predicted molar refractivity (Wildman–Crippen MR) is 65.1 cm³/mol. The van der Waals surface area contributed by atoms with Gasteiger partial charge in [-0.25, -0.2) is 9.78 Å². The van der Waals surface area contributed by atoms with Crippen molar-refractivity contribution in [1.29, 1.82) is 0 Å². The molecule has 18 heavy (non-hydrogen) atoms. The second kappa shape index (κ2) is 3.73. The number of carbonyl (C=O) groups is 2. The van der Waals surface area contributed by atoms with E-state index in [-0.39, 0.29) is 12.3 Å². The third-order valence-corrected chi connectivity index (χ3v) is 2.89. The van der Waals surface area contributed by atoms with Crippen LogP contribution in [0.1, 0.15) is 6.42 Å². The summed E-state index contributed by atoms with van der Waals surface area (Å²) >= 11 is 0. The molecule has 2 aromatic rings. The van der Waals surface area contributed by atoms with Gasteiger partial charge in [0.15, 0.2) is 5.65 Å². The van der Waals surface area contributed by atoms with Gasteiger partial charge in [-0.05, 0) is 12.1 Å². The van der Waals surface area contributed by atoms with Crippen LogP contribution in [0, 0.1) is 0 Å². The van der Waals surface area contributed by atoms with E-state index in [0.29, 0.717) is 23.7 Å². The van der Waals surface area contributed by atoms with Gasteiger partial charge in [0, 0.05) is 19.2 Å². The number of hydrogen-bond donors (Lipinski definition) is 2. The maximum absolute atomic E-state index is 11.8. The Hall–Kier alpha value is -2.57. The molecule has 3 amide bonds. The molecule has 0 radical (unpaired) electrons. The van der Waals surface area contributed by atoms with Gasteiger partial charge in [-0.2, -0.15) is 0 Å². The van der Waals surface area contributed by atoms with Crippen molar-refractivity contribution >= 4 is 29.1 Å². The third kappa shape index (κ3) is 1.48. The smallest absolute Gasteiger partial charge is 0.328 e. The second-order valence-corrected chi connectivity index (χ2v) is 4.03. The minimum Gasteiger partial charge on any atom is -0.383 e. The van der Waals surface area contributed by atoms with E-state index in [1.54, 1.807) is 22.7 Å². The molecule has 1 saturated heterocycles. The Bertz CT molecular complexity index is 648. The van der Waals surface area contributed by atoms with Crippen molar-refractivity contribution in [2.45, 2.75) is 6.42 Å². The number of imide groups is 1. The van der Waals surface area contributed by atoms with E-state index in [4.69, 9.17) is 5.73 Å². The number of fused-ring (bicyclic) bond motifs is 1. The number of imidazole rings is 1. The fraction of sp³-hybridized carbons (Fsp3) is 0.182. The molecule has 0 bridgehead atoms. The molecule has 1 aliphatic heterocycles. The maximum atomic E-state index is 11.8. The number of hydrogen-bond acceptors (Lipinski definition) is 4. The van der Waals surface area contributed by atoms with Crippen LogP contribution < -0.4 is 16.0 Å². The first-order valence-corrected chi connectivity index (χ1v) is 5.50. The molecule has 0 spiro atoms. The molecule has 1 aliphatic rings. The highest BCUT2D eigenvalue weighted by atomic mass is 16.2. The van der Waals surface area contributed by atoms with Crippen LogP contribution in [-0.2, 0) is 4.79 Å². The van der Waals surface area contributed by atoms with E-state index in [9.17, 15) is 9.59 Å². The normalized spacial score (nSPS) is 16.1. The summed E-state index contributed by atoms with van der Waals surface area (Å²) in [7, 11) is 0. The number of urea groups is 1. The number of nitrogens with two attached hydrogens (primary N) is 1. The van der Waals surface area contributed by atoms with Crippen LogP contribution in [0.5, 0.6) is 0 Å². The van der Waals surface area contributed by atoms with Gasteiger partial charge in [0.05, 0.1) is 11.9 Å². The zero-order chi connectivity index (χ0) is 12.7. The molecule has 2 aromatic heterocycles. The summed E-state index contributed by atoms with van der Waals surface area (Å²) < 4.78 is 1.69. The number of rotatable bonds is 1. The molecule has 3 N–H and O–H groups in total. The van der Waals surface area contributed by atoms with Crippen LogP contribution in [0.4, 0.5) is 16.3 Å². The molecule has 0 saturated carbocycles. The van der Waals surface area contributed by atoms with Gasteiger partial charge in [-0.1, -0.05) is 0 Å². The molecular weight excluding hydrogens is 234 g/mol. The van der Waals surface area contributed by atoms with Gasteiger partial charge >= 0.3 is 6.03 Å². The maximum Gasteiger partial charge on any atom is 0.328 e. The van der Waals surface area contributed by atoms with E-state index < -0.39 is 6.03 Å². The van der Waals surface area contributed by atoms with Crippen molar-refractivity contribution in [3.63, 3.8) is 0 Å².